The van der Waals surface area contributed by atoms with E-state index in [2.05, 4.69) is 39.9 Å². The molecule has 14 heavy (non-hydrogen) atoms. The summed E-state index contributed by atoms with van der Waals surface area (Å²) in [6.07, 6.45) is 5.59. The van der Waals surface area contributed by atoms with E-state index in [-0.39, 0.29) is 5.54 Å². The molecule has 1 aliphatic carbocycles. The van der Waals surface area contributed by atoms with Gasteiger partial charge in [-0.3, -0.25) is 0 Å². The summed E-state index contributed by atoms with van der Waals surface area (Å²) in [5, 5.41) is 3.72. The summed E-state index contributed by atoms with van der Waals surface area (Å²) in [4.78, 5) is 0. The summed E-state index contributed by atoms with van der Waals surface area (Å²) in [6, 6.07) is 0.769. The molecule has 1 heteroatoms. The van der Waals surface area contributed by atoms with Crippen molar-refractivity contribution in [1.29, 1.82) is 0 Å². The van der Waals surface area contributed by atoms with Crippen LogP contribution in [0, 0.1) is 11.8 Å². The lowest BCUT2D eigenvalue weighted by atomic mass is 9.79. The van der Waals surface area contributed by atoms with Gasteiger partial charge in [0.15, 0.2) is 0 Å². The minimum atomic E-state index is 0.287. The van der Waals surface area contributed by atoms with Crippen LogP contribution in [-0.2, 0) is 0 Å². The molecule has 0 bridgehead atoms. The van der Waals surface area contributed by atoms with Crippen LogP contribution in [0.2, 0.25) is 0 Å². The van der Waals surface area contributed by atoms with E-state index < -0.39 is 0 Å². The van der Waals surface area contributed by atoms with Crippen molar-refractivity contribution in [3.05, 3.63) is 0 Å². The van der Waals surface area contributed by atoms with Crippen LogP contribution in [-0.4, -0.2) is 11.6 Å². The second kappa shape index (κ2) is 4.65. The number of hydrogen-bond donors (Lipinski definition) is 1. The van der Waals surface area contributed by atoms with E-state index in [1.807, 2.05) is 0 Å². The van der Waals surface area contributed by atoms with Crippen molar-refractivity contribution in [2.24, 2.45) is 11.8 Å². The number of hydrogen-bond acceptors (Lipinski definition) is 1. The van der Waals surface area contributed by atoms with Gasteiger partial charge in [-0.25, -0.2) is 0 Å². The van der Waals surface area contributed by atoms with Crippen LogP contribution in [0.5, 0.6) is 0 Å². The van der Waals surface area contributed by atoms with E-state index in [9.17, 15) is 0 Å². The maximum absolute atomic E-state index is 3.72. The Morgan fingerprint density at radius 3 is 1.86 bits per heavy atom. The lowest BCUT2D eigenvalue weighted by Gasteiger charge is -2.35. The van der Waals surface area contributed by atoms with Crippen LogP contribution < -0.4 is 5.32 Å². The lowest BCUT2D eigenvalue weighted by molar-refractivity contribution is 0.214. The molecule has 0 heterocycles. The zero-order valence-corrected chi connectivity index (χ0v) is 10.6. The molecule has 0 amide bonds. The average Bonchev–Trinajstić information content (AvgIpc) is 2.02. The molecule has 0 aromatic heterocycles. The van der Waals surface area contributed by atoms with E-state index in [1.165, 1.54) is 25.7 Å². The highest BCUT2D eigenvalue weighted by molar-refractivity contribution is 4.83. The van der Waals surface area contributed by atoms with Crippen molar-refractivity contribution >= 4 is 0 Å². The fourth-order valence-corrected chi connectivity index (χ4v) is 2.54. The van der Waals surface area contributed by atoms with Crippen molar-refractivity contribution in [3.8, 4) is 0 Å². The molecule has 84 valence electrons. The Labute approximate surface area is 89.7 Å². The zero-order valence-electron chi connectivity index (χ0n) is 10.6. The zero-order chi connectivity index (χ0) is 10.8. The van der Waals surface area contributed by atoms with Gasteiger partial charge in [-0.05, 0) is 58.3 Å². The lowest BCUT2D eigenvalue weighted by Crippen LogP contribution is -2.45. The first-order valence-corrected chi connectivity index (χ1v) is 6.16. The van der Waals surface area contributed by atoms with Crippen LogP contribution in [0.3, 0.4) is 0 Å². The average molecular weight is 197 g/mol. The van der Waals surface area contributed by atoms with E-state index >= 15 is 0 Å². The molecule has 0 aliphatic heterocycles. The van der Waals surface area contributed by atoms with Crippen LogP contribution >= 0.6 is 0 Å². The molecule has 0 atom stereocenters. The highest BCUT2D eigenvalue weighted by Gasteiger charge is 2.25. The third-order valence-electron chi connectivity index (χ3n) is 3.35. The standard InChI is InChI=1S/C13H27N/c1-10(2)11-6-8-12(9-7-11)14-13(3,4)5/h10-12,14H,6-9H2,1-5H3. The van der Waals surface area contributed by atoms with E-state index in [0.29, 0.717) is 0 Å². The molecule has 0 unspecified atom stereocenters. The second-order valence-electron chi connectivity index (χ2n) is 6.25. The SMILES string of the molecule is CC(C)C1CCC(NC(C)(C)C)CC1. The monoisotopic (exact) mass is 197 g/mol. The molecule has 0 saturated heterocycles. The smallest absolute Gasteiger partial charge is 0.00990 e. The minimum Gasteiger partial charge on any atom is -0.309 e. The summed E-state index contributed by atoms with van der Waals surface area (Å²) in [6.45, 7) is 11.5. The Kier molecular flexibility index (Phi) is 4.00. The van der Waals surface area contributed by atoms with Gasteiger partial charge < -0.3 is 5.32 Å². The highest BCUT2D eigenvalue weighted by atomic mass is 15.0. The summed E-state index contributed by atoms with van der Waals surface area (Å²) >= 11 is 0. The van der Waals surface area contributed by atoms with Crippen LogP contribution in [0.1, 0.15) is 60.3 Å². The third-order valence-corrected chi connectivity index (χ3v) is 3.35. The van der Waals surface area contributed by atoms with Crippen molar-refractivity contribution in [2.45, 2.75) is 71.9 Å². The molecule has 0 aromatic rings. The van der Waals surface area contributed by atoms with Crippen LogP contribution in [0.4, 0.5) is 0 Å². The van der Waals surface area contributed by atoms with Gasteiger partial charge in [-0.1, -0.05) is 13.8 Å². The molecule has 1 fully saturated rings. The molecule has 1 rings (SSSR count). The maximum atomic E-state index is 3.72. The molecule has 1 saturated carbocycles. The van der Waals surface area contributed by atoms with Gasteiger partial charge in [-0.15, -0.1) is 0 Å². The summed E-state index contributed by atoms with van der Waals surface area (Å²) < 4.78 is 0. The van der Waals surface area contributed by atoms with Gasteiger partial charge in [0, 0.05) is 11.6 Å². The third kappa shape index (κ3) is 4.00. The van der Waals surface area contributed by atoms with Gasteiger partial charge in [0.2, 0.25) is 0 Å². The van der Waals surface area contributed by atoms with E-state index in [4.69, 9.17) is 0 Å². The van der Waals surface area contributed by atoms with Gasteiger partial charge >= 0.3 is 0 Å². The second-order valence-corrected chi connectivity index (χ2v) is 6.25. The van der Waals surface area contributed by atoms with Gasteiger partial charge in [0.1, 0.15) is 0 Å². The number of nitrogens with one attached hydrogen (secondary N) is 1. The molecule has 0 radical (unpaired) electrons. The maximum Gasteiger partial charge on any atom is 0.00990 e. The fourth-order valence-electron chi connectivity index (χ4n) is 2.54. The predicted molar refractivity (Wildman–Crippen MR) is 63.5 cm³/mol. The number of rotatable bonds is 2. The first-order valence-electron chi connectivity index (χ1n) is 6.16. The Morgan fingerprint density at radius 2 is 1.50 bits per heavy atom. The predicted octanol–water partition coefficient (Wildman–Crippen LogP) is 3.59. The van der Waals surface area contributed by atoms with Crippen molar-refractivity contribution in [2.75, 3.05) is 0 Å². The van der Waals surface area contributed by atoms with Crippen molar-refractivity contribution in [3.63, 3.8) is 0 Å². The quantitative estimate of drug-likeness (QED) is 0.713. The summed E-state index contributed by atoms with van der Waals surface area (Å²) in [5.41, 5.74) is 0.287. The van der Waals surface area contributed by atoms with E-state index in [0.717, 1.165) is 17.9 Å². The van der Waals surface area contributed by atoms with E-state index in [1.54, 1.807) is 0 Å². The molecule has 1 nitrogen and oxygen atoms in total. The summed E-state index contributed by atoms with van der Waals surface area (Å²) in [7, 11) is 0. The summed E-state index contributed by atoms with van der Waals surface area (Å²) in [5.74, 6) is 1.86. The Balaban J connectivity index is 2.29. The Bertz CT molecular complexity index is 159. The van der Waals surface area contributed by atoms with Crippen LogP contribution in [0.25, 0.3) is 0 Å². The van der Waals surface area contributed by atoms with Crippen molar-refractivity contribution in [1.82, 2.24) is 5.32 Å². The van der Waals surface area contributed by atoms with Gasteiger partial charge in [-0.2, -0.15) is 0 Å². The normalized spacial score (nSPS) is 29.6. The van der Waals surface area contributed by atoms with Gasteiger partial charge in [0.05, 0.1) is 0 Å². The molecule has 1 aliphatic rings. The van der Waals surface area contributed by atoms with Gasteiger partial charge in [0.25, 0.3) is 0 Å². The molecule has 1 N–H and O–H groups in total. The van der Waals surface area contributed by atoms with Crippen LogP contribution in [0.15, 0.2) is 0 Å². The van der Waals surface area contributed by atoms with Crippen molar-refractivity contribution < 1.29 is 0 Å². The highest BCUT2D eigenvalue weighted by Crippen LogP contribution is 2.30. The topological polar surface area (TPSA) is 12.0 Å². The molecule has 0 aromatic carbocycles. The Hall–Kier alpha value is -0.0400. The largest absolute Gasteiger partial charge is 0.309 e. The molecule has 0 spiro atoms. The first-order chi connectivity index (χ1) is 6.38. The Morgan fingerprint density at radius 1 is 1.00 bits per heavy atom. The first kappa shape index (κ1) is 12.0. The minimum absolute atomic E-state index is 0.287. The fraction of sp³-hybridized carbons (Fsp3) is 1.00. The molecular weight excluding hydrogens is 170 g/mol. The molecular formula is C13H27N.